The van der Waals surface area contributed by atoms with E-state index in [1.807, 2.05) is 11.0 Å². The fourth-order valence-electron chi connectivity index (χ4n) is 3.31. The molecular weight excluding hydrogens is 318 g/mol. The van der Waals surface area contributed by atoms with Crippen LogP contribution in [-0.4, -0.2) is 34.9 Å². The number of carbonyl (C=O) groups is 1. The summed E-state index contributed by atoms with van der Waals surface area (Å²) in [5.74, 6) is 0.605. The molecule has 2 fully saturated rings. The molecule has 0 radical (unpaired) electrons. The zero-order chi connectivity index (χ0) is 16.7. The number of aromatic nitrogens is 1. The minimum atomic E-state index is 0.0461. The number of nitrogens with zero attached hydrogens (tertiary/aromatic N) is 2. The van der Waals surface area contributed by atoms with Crippen LogP contribution in [-0.2, 0) is 0 Å². The van der Waals surface area contributed by atoms with E-state index in [-0.39, 0.29) is 11.9 Å². The third-order valence-corrected chi connectivity index (χ3v) is 6.07. The van der Waals surface area contributed by atoms with Crippen LogP contribution in [0.1, 0.15) is 52.7 Å². The number of likely N-dealkylation sites (tertiary alicyclic amines) is 1. The molecule has 5 heteroatoms. The van der Waals surface area contributed by atoms with Gasteiger partial charge < -0.3 is 10.6 Å². The highest BCUT2D eigenvalue weighted by atomic mass is 32.1. The number of benzene rings is 1. The quantitative estimate of drug-likeness (QED) is 0.928. The SMILES string of the molecule is Cc1cccc(-c2sc(C3CC3)nc2C(=O)N2CCC[C@@H](N)C2)c1. The van der Waals surface area contributed by atoms with Crippen molar-refractivity contribution in [3.05, 3.63) is 40.5 Å². The molecule has 1 aromatic heterocycles. The van der Waals surface area contributed by atoms with E-state index in [4.69, 9.17) is 10.7 Å². The maximum absolute atomic E-state index is 13.1. The van der Waals surface area contributed by atoms with Gasteiger partial charge in [-0.3, -0.25) is 4.79 Å². The first kappa shape index (κ1) is 15.8. The van der Waals surface area contributed by atoms with Crippen molar-refractivity contribution in [2.24, 2.45) is 5.73 Å². The third kappa shape index (κ3) is 3.10. The lowest BCUT2D eigenvalue weighted by atomic mass is 10.1. The predicted molar refractivity (Wildman–Crippen MR) is 97.4 cm³/mol. The van der Waals surface area contributed by atoms with E-state index >= 15 is 0 Å². The van der Waals surface area contributed by atoms with Gasteiger partial charge >= 0.3 is 0 Å². The lowest BCUT2D eigenvalue weighted by molar-refractivity contribution is 0.0704. The normalized spacial score (nSPS) is 21.1. The first-order chi connectivity index (χ1) is 11.6. The summed E-state index contributed by atoms with van der Waals surface area (Å²) in [6.45, 7) is 3.51. The van der Waals surface area contributed by atoms with Gasteiger partial charge in [0, 0.05) is 25.0 Å². The van der Waals surface area contributed by atoms with Gasteiger partial charge in [0.25, 0.3) is 5.91 Å². The van der Waals surface area contributed by atoms with Crippen molar-refractivity contribution >= 4 is 17.2 Å². The average Bonchev–Trinajstić information content (AvgIpc) is 3.33. The average molecular weight is 341 g/mol. The minimum absolute atomic E-state index is 0.0461. The van der Waals surface area contributed by atoms with E-state index in [2.05, 4.69) is 25.1 Å². The molecule has 1 saturated heterocycles. The Labute approximate surface area is 146 Å². The van der Waals surface area contributed by atoms with E-state index in [1.54, 1.807) is 11.3 Å². The van der Waals surface area contributed by atoms with Gasteiger partial charge in [-0.25, -0.2) is 4.98 Å². The largest absolute Gasteiger partial charge is 0.336 e. The number of thiazole rings is 1. The Kier molecular flexibility index (Phi) is 4.14. The number of piperidine rings is 1. The van der Waals surface area contributed by atoms with Gasteiger partial charge in [0.05, 0.1) is 9.88 Å². The summed E-state index contributed by atoms with van der Waals surface area (Å²) in [5.41, 5.74) is 8.99. The van der Waals surface area contributed by atoms with E-state index in [0.29, 0.717) is 18.2 Å². The molecule has 126 valence electrons. The second kappa shape index (κ2) is 6.30. The molecule has 0 bridgehead atoms. The molecule has 1 aliphatic carbocycles. The van der Waals surface area contributed by atoms with E-state index in [9.17, 15) is 4.79 Å². The van der Waals surface area contributed by atoms with Gasteiger partial charge in [-0.1, -0.05) is 29.8 Å². The van der Waals surface area contributed by atoms with Gasteiger partial charge in [-0.15, -0.1) is 11.3 Å². The van der Waals surface area contributed by atoms with Crippen molar-refractivity contribution < 1.29 is 4.79 Å². The highest BCUT2D eigenvalue weighted by Crippen LogP contribution is 2.45. The highest BCUT2D eigenvalue weighted by Gasteiger charge is 2.32. The van der Waals surface area contributed by atoms with Crippen molar-refractivity contribution in [3.8, 4) is 10.4 Å². The molecule has 0 unspecified atom stereocenters. The van der Waals surface area contributed by atoms with Gasteiger partial charge in [0.15, 0.2) is 0 Å². The summed E-state index contributed by atoms with van der Waals surface area (Å²) in [5, 5.41) is 1.12. The summed E-state index contributed by atoms with van der Waals surface area (Å²) in [7, 11) is 0. The molecule has 4 nitrogen and oxygen atoms in total. The van der Waals surface area contributed by atoms with Crippen LogP contribution in [0.2, 0.25) is 0 Å². The monoisotopic (exact) mass is 341 g/mol. The van der Waals surface area contributed by atoms with Crippen LogP contribution in [0.15, 0.2) is 24.3 Å². The summed E-state index contributed by atoms with van der Waals surface area (Å²) < 4.78 is 0. The van der Waals surface area contributed by atoms with E-state index < -0.39 is 0 Å². The molecule has 2 N–H and O–H groups in total. The smallest absolute Gasteiger partial charge is 0.274 e. The maximum Gasteiger partial charge on any atom is 0.274 e. The summed E-state index contributed by atoms with van der Waals surface area (Å²) in [4.78, 5) is 20.8. The molecule has 2 aromatic rings. The molecule has 1 atom stereocenters. The first-order valence-corrected chi connectivity index (χ1v) is 9.56. The molecule has 2 heterocycles. The number of amides is 1. The highest BCUT2D eigenvalue weighted by molar-refractivity contribution is 7.15. The predicted octanol–water partition coefficient (Wildman–Crippen LogP) is 3.56. The van der Waals surface area contributed by atoms with Crippen LogP contribution in [0.4, 0.5) is 0 Å². The second-order valence-corrected chi connectivity index (χ2v) is 8.06. The Balaban J connectivity index is 1.72. The Morgan fingerprint density at radius 2 is 2.17 bits per heavy atom. The minimum Gasteiger partial charge on any atom is -0.336 e. The fourth-order valence-corrected chi connectivity index (χ4v) is 4.54. The second-order valence-electron chi connectivity index (χ2n) is 7.03. The topological polar surface area (TPSA) is 59.2 Å². The number of hydrogen-bond acceptors (Lipinski definition) is 4. The zero-order valence-corrected chi connectivity index (χ0v) is 14.8. The van der Waals surface area contributed by atoms with Gasteiger partial charge in [0.2, 0.25) is 0 Å². The molecule has 4 rings (SSSR count). The van der Waals surface area contributed by atoms with Crippen LogP contribution in [0.3, 0.4) is 0 Å². The lowest BCUT2D eigenvalue weighted by Gasteiger charge is -2.30. The molecular formula is C19H23N3OS. The van der Waals surface area contributed by atoms with Gasteiger partial charge in [0.1, 0.15) is 5.69 Å². The molecule has 0 spiro atoms. The van der Waals surface area contributed by atoms with Crippen LogP contribution >= 0.6 is 11.3 Å². The summed E-state index contributed by atoms with van der Waals surface area (Å²) >= 11 is 1.70. The number of aryl methyl sites for hydroxylation is 1. The van der Waals surface area contributed by atoms with Crippen molar-refractivity contribution in [2.45, 2.75) is 44.6 Å². The Morgan fingerprint density at radius 3 is 2.88 bits per heavy atom. The Hall–Kier alpha value is -1.72. The van der Waals surface area contributed by atoms with E-state index in [0.717, 1.165) is 34.8 Å². The number of nitrogens with two attached hydrogens (primary N) is 1. The standard InChI is InChI=1S/C19H23N3OS/c1-12-4-2-5-14(10-12)17-16(21-18(24-17)13-7-8-13)19(23)22-9-3-6-15(20)11-22/h2,4-5,10,13,15H,3,6-9,11,20H2,1H3/t15-/m1/s1. The van der Waals surface area contributed by atoms with Crippen molar-refractivity contribution in [2.75, 3.05) is 13.1 Å². The third-order valence-electron chi connectivity index (χ3n) is 4.80. The molecule has 1 aromatic carbocycles. The first-order valence-electron chi connectivity index (χ1n) is 8.74. The van der Waals surface area contributed by atoms with Crippen LogP contribution < -0.4 is 5.73 Å². The summed E-state index contributed by atoms with van der Waals surface area (Å²) in [6.07, 6.45) is 4.37. The maximum atomic E-state index is 13.1. The van der Waals surface area contributed by atoms with Gasteiger partial charge in [-0.2, -0.15) is 0 Å². The molecule has 1 amide bonds. The Bertz CT molecular complexity index is 766. The molecule has 2 aliphatic rings. The molecule has 1 saturated carbocycles. The zero-order valence-electron chi connectivity index (χ0n) is 14.0. The number of hydrogen-bond donors (Lipinski definition) is 1. The van der Waals surface area contributed by atoms with Crippen LogP contribution in [0, 0.1) is 6.92 Å². The number of rotatable bonds is 3. The van der Waals surface area contributed by atoms with E-state index in [1.165, 1.54) is 18.4 Å². The van der Waals surface area contributed by atoms with Crippen LogP contribution in [0.25, 0.3) is 10.4 Å². The number of carbonyl (C=O) groups excluding carboxylic acids is 1. The Morgan fingerprint density at radius 1 is 1.33 bits per heavy atom. The van der Waals surface area contributed by atoms with Crippen molar-refractivity contribution in [1.29, 1.82) is 0 Å². The lowest BCUT2D eigenvalue weighted by Crippen LogP contribution is -2.45. The molecule has 1 aliphatic heterocycles. The van der Waals surface area contributed by atoms with Crippen molar-refractivity contribution in [3.63, 3.8) is 0 Å². The van der Waals surface area contributed by atoms with Crippen molar-refractivity contribution in [1.82, 2.24) is 9.88 Å². The summed E-state index contributed by atoms with van der Waals surface area (Å²) in [6, 6.07) is 8.44. The van der Waals surface area contributed by atoms with Gasteiger partial charge in [-0.05, 0) is 38.2 Å². The fraction of sp³-hybridized carbons (Fsp3) is 0.474. The van der Waals surface area contributed by atoms with Crippen LogP contribution in [0.5, 0.6) is 0 Å². The molecule has 24 heavy (non-hydrogen) atoms.